The van der Waals surface area contributed by atoms with Crippen LogP contribution in [0.3, 0.4) is 0 Å². The molecule has 0 bridgehead atoms. The van der Waals surface area contributed by atoms with Crippen LogP contribution in [0.2, 0.25) is 0 Å². The van der Waals surface area contributed by atoms with Gasteiger partial charge < -0.3 is 10.1 Å². The third-order valence-electron chi connectivity index (χ3n) is 3.46. The van der Waals surface area contributed by atoms with Crippen LogP contribution >= 0.6 is 15.9 Å². The molecule has 1 rings (SSSR count). The summed E-state index contributed by atoms with van der Waals surface area (Å²) >= 11 is 3.68. The van der Waals surface area contributed by atoms with Crippen LogP contribution in [0.5, 0.6) is 5.75 Å². The number of benzene rings is 1. The minimum Gasteiger partial charge on any atom is -0.494 e. The van der Waals surface area contributed by atoms with E-state index >= 15 is 0 Å². The Kier molecular flexibility index (Phi) is 7.04. The van der Waals surface area contributed by atoms with E-state index in [4.69, 9.17) is 4.74 Å². The Bertz CT molecular complexity index is 415. The number of ether oxygens (including phenoxy) is 1. The first-order chi connectivity index (χ1) is 9.36. The molecule has 114 valence electrons. The van der Waals surface area contributed by atoms with Gasteiger partial charge in [0.15, 0.2) is 0 Å². The van der Waals surface area contributed by atoms with Gasteiger partial charge in [-0.3, -0.25) is 0 Å². The maximum Gasteiger partial charge on any atom is 0.120 e. The summed E-state index contributed by atoms with van der Waals surface area (Å²) in [4.78, 5) is 0. The second kappa shape index (κ2) is 8.04. The number of hydrogen-bond donors (Lipinski definition) is 1. The molecule has 0 aliphatic rings. The van der Waals surface area contributed by atoms with Crippen molar-refractivity contribution in [2.75, 3.05) is 19.7 Å². The molecule has 0 spiro atoms. The molecular weight excluding hydrogens is 314 g/mol. The van der Waals surface area contributed by atoms with E-state index in [0.29, 0.717) is 12.5 Å². The van der Waals surface area contributed by atoms with Gasteiger partial charge in [-0.15, -0.1) is 0 Å². The van der Waals surface area contributed by atoms with E-state index in [1.54, 1.807) is 0 Å². The summed E-state index contributed by atoms with van der Waals surface area (Å²) in [5.41, 5.74) is 1.49. The first-order valence-corrected chi connectivity index (χ1v) is 8.29. The van der Waals surface area contributed by atoms with E-state index in [-0.39, 0.29) is 5.41 Å². The molecule has 0 heterocycles. The molecule has 2 nitrogen and oxygen atoms in total. The average molecular weight is 342 g/mol. The van der Waals surface area contributed by atoms with Crippen molar-refractivity contribution >= 4 is 15.9 Å². The molecule has 0 saturated carbocycles. The van der Waals surface area contributed by atoms with Crippen LogP contribution in [0.4, 0.5) is 0 Å². The molecule has 1 N–H and O–H groups in total. The predicted octanol–water partition coefficient (Wildman–Crippen LogP) is 4.76. The molecular formula is C17H28BrNO. The highest BCUT2D eigenvalue weighted by atomic mass is 79.9. The lowest BCUT2D eigenvalue weighted by molar-refractivity contribution is 0.339. The second-order valence-corrected chi connectivity index (χ2v) is 7.16. The van der Waals surface area contributed by atoms with Gasteiger partial charge in [0.25, 0.3) is 0 Å². The quantitative estimate of drug-likeness (QED) is 0.688. The third kappa shape index (κ3) is 5.45. The SMILES string of the molecule is CCOc1ccc(C(C)(C)CCNCC(C)C)c(Br)c1. The molecule has 20 heavy (non-hydrogen) atoms. The summed E-state index contributed by atoms with van der Waals surface area (Å²) in [5, 5.41) is 3.52. The minimum atomic E-state index is 0.146. The summed E-state index contributed by atoms with van der Waals surface area (Å²) in [7, 11) is 0. The van der Waals surface area contributed by atoms with Crippen molar-refractivity contribution in [1.29, 1.82) is 0 Å². The highest BCUT2D eigenvalue weighted by molar-refractivity contribution is 9.10. The zero-order chi connectivity index (χ0) is 15.2. The minimum absolute atomic E-state index is 0.146. The molecule has 1 aromatic rings. The van der Waals surface area contributed by atoms with Crippen molar-refractivity contribution in [1.82, 2.24) is 5.32 Å². The molecule has 0 aromatic heterocycles. The fourth-order valence-corrected chi connectivity index (χ4v) is 3.12. The maximum absolute atomic E-state index is 5.54. The second-order valence-electron chi connectivity index (χ2n) is 6.31. The summed E-state index contributed by atoms with van der Waals surface area (Å²) in [6, 6.07) is 6.31. The third-order valence-corrected chi connectivity index (χ3v) is 4.12. The normalized spacial score (nSPS) is 11.9. The van der Waals surface area contributed by atoms with Gasteiger partial charge in [0.05, 0.1) is 6.61 Å². The maximum atomic E-state index is 5.54. The molecule has 0 radical (unpaired) electrons. The summed E-state index contributed by atoms with van der Waals surface area (Å²) in [6.45, 7) is 13.9. The largest absolute Gasteiger partial charge is 0.494 e. The Morgan fingerprint density at radius 3 is 2.55 bits per heavy atom. The first-order valence-electron chi connectivity index (χ1n) is 7.50. The van der Waals surface area contributed by atoms with Crippen LogP contribution in [-0.4, -0.2) is 19.7 Å². The van der Waals surface area contributed by atoms with Crippen molar-refractivity contribution in [3.8, 4) is 5.75 Å². The number of rotatable bonds is 8. The Morgan fingerprint density at radius 2 is 2.00 bits per heavy atom. The van der Waals surface area contributed by atoms with E-state index in [0.717, 1.165) is 29.7 Å². The van der Waals surface area contributed by atoms with Crippen molar-refractivity contribution in [2.45, 2.75) is 46.5 Å². The molecule has 0 aliphatic heterocycles. The van der Waals surface area contributed by atoms with Gasteiger partial charge in [0.1, 0.15) is 5.75 Å². The van der Waals surface area contributed by atoms with E-state index in [1.807, 2.05) is 6.92 Å². The standard InChI is InChI=1S/C17H28BrNO/c1-6-20-14-7-8-15(16(18)11-14)17(4,5)9-10-19-12-13(2)3/h7-8,11,13,19H,6,9-10,12H2,1-5H3. The lowest BCUT2D eigenvalue weighted by atomic mass is 9.81. The van der Waals surface area contributed by atoms with E-state index in [9.17, 15) is 0 Å². The van der Waals surface area contributed by atoms with Gasteiger partial charge >= 0.3 is 0 Å². The Balaban J connectivity index is 2.66. The topological polar surface area (TPSA) is 21.3 Å². The number of halogens is 1. The van der Waals surface area contributed by atoms with Gasteiger partial charge in [-0.25, -0.2) is 0 Å². The molecule has 3 heteroatoms. The van der Waals surface area contributed by atoms with Gasteiger partial charge in [-0.2, -0.15) is 0 Å². The van der Waals surface area contributed by atoms with Crippen LogP contribution < -0.4 is 10.1 Å². The van der Waals surface area contributed by atoms with E-state index < -0.39 is 0 Å². The van der Waals surface area contributed by atoms with Crippen molar-refractivity contribution < 1.29 is 4.74 Å². The molecule has 0 saturated heterocycles. The summed E-state index contributed by atoms with van der Waals surface area (Å²) < 4.78 is 6.67. The van der Waals surface area contributed by atoms with Gasteiger partial charge in [-0.1, -0.05) is 49.7 Å². The predicted molar refractivity (Wildman–Crippen MR) is 90.7 cm³/mol. The van der Waals surface area contributed by atoms with Crippen LogP contribution in [0.15, 0.2) is 22.7 Å². The zero-order valence-electron chi connectivity index (χ0n) is 13.4. The Labute approximate surface area is 132 Å². The van der Waals surface area contributed by atoms with Crippen LogP contribution in [0.25, 0.3) is 0 Å². The van der Waals surface area contributed by atoms with Crippen molar-refractivity contribution in [3.05, 3.63) is 28.2 Å². The monoisotopic (exact) mass is 341 g/mol. The Hall–Kier alpha value is -0.540. The number of nitrogens with one attached hydrogen (secondary N) is 1. The first kappa shape index (κ1) is 17.5. The fourth-order valence-electron chi connectivity index (χ4n) is 2.23. The van der Waals surface area contributed by atoms with E-state index in [1.165, 1.54) is 5.56 Å². The van der Waals surface area contributed by atoms with Crippen LogP contribution in [0, 0.1) is 5.92 Å². The van der Waals surface area contributed by atoms with Gasteiger partial charge in [0, 0.05) is 4.47 Å². The zero-order valence-corrected chi connectivity index (χ0v) is 15.0. The summed E-state index contributed by atoms with van der Waals surface area (Å²) in [5.74, 6) is 1.63. The van der Waals surface area contributed by atoms with Gasteiger partial charge in [-0.05, 0) is 55.5 Å². The molecule has 0 amide bonds. The molecule has 0 atom stereocenters. The molecule has 0 aliphatic carbocycles. The lowest BCUT2D eigenvalue weighted by Crippen LogP contribution is -2.28. The molecule has 0 unspecified atom stereocenters. The number of hydrogen-bond acceptors (Lipinski definition) is 2. The van der Waals surface area contributed by atoms with E-state index in [2.05, 4.69) is 67.1 Å². The summed E-state index contributed by atoms with van der Waals surface area (Å²) in [6.07, 6.45) is 1.12. The van der Waals surface area contributed by atoms with Crippen LogP contribution in [0.1, 0.15) is 46.6 Å². The van der Waals surface area contributed by atoms with Crippen molar-refractivity contribution in [3.63, 3.8) is 0 Å². The van der Waals surface area contributed by atoms with Crippen LogP contribution in [-0.2, 0) is 5.41 Å². The highest BCUT2D eigenvalue weighted by Crippen LogP contribution is 2.34. The molecule has 0 fully saturated rings. The Morgan fingerprint density at radius 1 is 1.30 bits per heavy atom. The van der Waals surface area contributed by atoms with Gasteiger partial charge in [0.2, 0.25) is 0 Å². The lowest BCUT2D eigenvalue weighted by Gasteiger charge is -2.27. The smallest absolute Gasteiger partial charge is 0.120 e. The van der Waals surface area contributed by atoms with Crippen molar-refractivity contribution in [2.24, 2.45) is 5.92 Å². The average Bonchev–Trinajstić information content (AvgIpc) is 2.34. The fraction of sp³-hybridized carbons (Fsp3) is 0.647. The highest BCUT2D eigenvalue weighted by Gasteiger charge is 2.22. The molecule has 1 aromatic carbocycles.